The van der Waals surface area contributed by atoms with Crippen LogP contribution in [0, 0.1) is 0 Å². The molecule has 1 atom stereocenters. The van der Waals surface area contributed by atoms with Gasteiger partial charge < -0.3 is 14.2 Å². The van der Waals surface area contributed by atoms with Crippen LogP contribution >= 0.6 is 0 Å². The molecule has 0 bridgehead atoms. The van der Waals surface area contributed by atoms with Gasteiger partial charge in [0.05, 0.1) is 6.61 Å². The normalized spacial score (nSPS) is 19.7. The Hall–Kier alpha value is -2.16. The summed E-state index contributed by atoms with van der Waals surface area (Å²) in [6.07, 6.45) is 0.997. The standard InChI is InChI=1S/C16H14O3/c1-2-4-11(5-3-1)12-6-7-17-14-9-16-15(8-13(12)14)18-10-19-16/h1-5,8-9,12H,6-7,10H2. The van der Waals surface area contributed by atoms with Crippen LogP contribution < -0.4 is 14.2 Å². The molecule has 0 aliphatic carbocycles. The van der Waals surface area contributed by atoms with Crippen LogP contribution in [-0.2, 0) is 0 Å². The molecule has 0 saturated heterocycles. The van der Waals surface area contributed by atoms with Gasteiger partial charge in [0.1, 0.15) is 5.75 Å². The Morgan fingerprint density at radius 2 is 1.63 bits per heavy atom. The van der Waals surface area contributed by atoms with Crippen molar-refractivity contribution in [1.82, 2.24) is 0 Å². The molecule has 0 amide bonds. The number of rotatable bonds is 1. The summed E-state index contributed by atoms with van der Waals surface area (Å²) < 4.78 is 16.6. The van der Waals surface area contributed by atoms with E-state index in [1.54, 1.807) is 0 Å². The number of ether oxygens (including phenoxy) is 3. The topological polar surface area (TPSA) is 27.7 Å². The second-order valence-corrected chi connectivity index (χ2v) is 4.84. The SMILES string of the molecule is c1ccc(C2CCOc3cc4c(cc32)OCO4)cc1. The predicted octanol–water partition coefficient (Wildman–Crippen LogP) is 3.33. The number of hydrogen-bond donors (Lipinski definition) is 0. The molecule has 1 unspecified atom stereocenters. The van der Waals surface area contributed by atoms with Crippen LogP contribution in [0.3, 0.4) is 0 Å². The molecule has 0 fully saturated rings. The van der Waals surface area contributed by atoms with Crippen molar-refractivity contribution in [1.29, 1.82) is 0 Å². The minimum Gasteiger partial charge on any atom is -0.493 e. The smallest absolute Gasteiger partial charge is 0.231 e. The van der Waals surface area contributed by atoms with Crippen LogP contribution in [0.4, 0.5) is 0 Å². The van der Waals surface area contributed by atoms with E-state index >= 15 is 0 Å². The lowest BCUT2D eigenvalue weighted by atomic mass is 9.86. The van der Waals surface area contributed by atoms with Gasteiger partial charge in [0, 0.05) is 17.5 Å². The van der Waals surface area contributed by atoms with Gasteiger partial charge in [-0.15, -0.1) is 0 Å². The maximum Gasteiger partial charge on any atom is 0.231 e. The fraction of sp³-hybridized carbons (Fsp3) is 0.250. The maximum absolute atomic E-state index is 5.76. The molecular formula is C16H14O3. The molecule has 4 rings (SSSR count). The summed E-state index contributed by atoms with van der Waals surface area (Å²) in [5.41, 5.74) is 2.52. The molecule has 0 N–H and O–H groups in total. The second-order valence-electron chi connectivity index (χ2n) is 4.84. The van der Waals surface area contributed by atoms with E-state index in [0.29, 0.717) is 12.7 Å². The van der Waals surface area contributed by atoms with Crippen molar-refractivity contribution in [2.24, 2.45) is 0 Å². The van der Waals surface area contributed by atoms with Gasteiger partial charge in [-0.25, -0.2) is 0 Å². The molecule has 2 aromatic carbocycles. The summed E-state index contributed by atoms with van der Waals surface area (Å²) in [6, 6.07) is 14.6. The molecule has 0 aromatic heterocycles. The first-order valence-corrected chi connectivity index (χ1v) is 6.53. The van der Waals surface area contributed by atoms with Crippen LogP contribution in [0.5, 0.6) is 17.2 Å². The van der Waals surface area contributed by atoms with E-state index in [0.717, 1.165) is 30.3 Å². The lowest BCUT2D eigenvalue weighted by Crippen LogP contribution is -2.15. The van der Waals surface area contributed by atoms with E-state index in [9.17, 15) is 0 Å². The van der Waals surface area contributed by atoms with Crippen molar-refractivity contribution in [3.8, 4) is 17.2 Å². The highest BCUT2D eigenvalue weighted by Crippen LogP contribution is 2.45. The highest BCUT2D eigenvalue weighted by atomic mass is 16.7. The number of benzene rings is 2. The van der Waals surface area contributed by atoms with Crippen LogP contribution in [0.2, 0.25) is 0 Å². The monoisotopic (exact) mass is 254 g/mol. The molecule has 96 valence electrons. The van der Waals surface area contributed by atoms with Gasteiger partial charge in [0.25, 0.3) is 0 Å². The first-order chi connectivity index (χ1) is 9.42. The van der Waals surface area contributed by atoms with Crippen molar-refractivity contribution >= 4 is 0 Å². The van der Waals surface area contributed by atoms with E-state index in [1.807, 2.05) is 12.1 Å². The Balaban J connectivity index is 1.82. The minimum absolute atomic E-state index is 0.300. The molecule has 2 aliphatic rings. The molecule has 0 saturated carbocycles. The molecule has 19 heavy (non-hydrogen) atoms. The van der Waals surface area contributed by atoms with Crippen molar-refractivity contribution in [2.45, 2.75) is 12.3 Å². The van der Waals surface area contributed by atoms with Crippen LogP contribution in [-0.4, -0.2) is 13.4 Å². The first kappa shape index (κ1) is 10.7. The van der Waals surface area contributed by atoms with Crippen LogP contribution in [0.25, 0.3) is 0 Å². The van der Waals surface area contributed by atoms with Gasteiger partial charge in [0.15, 0.2) is 11.5 Å². The largest absolute Gasteiger partial charge is 0.493 e. The molecule has 2 aliphatic heterocycles. The molecule has 2 heterocycles. The summed E-state index contributed by atoms with van der Waals surface area (Å²) in [5, 5.41) is 0. The van der Waals surface area contributed by atoms with Gasteiger partial charge in [-0.1, -0.05) is 30.3 Å². The van der Waals surface area contributed by atoms with Gasteiger partial charge in [-0.05, 0) is 18.1 Å². The van der Waals surface area contributed by atoms with E-state index in [-0.39, 0.29) is 0 Å². The quantitative estimate of drug-likeness (QED) is 0.781. The van der Waals surface area contributed by atoms with E-state index in [4.69, 9.17) is 14.2 Å². The minimum atomic E-state index is 0.300. The summed E-state index contributed by atoms with van der Waals surface area (Å²) >= 11 is 0. The Morgan fingerprint density at radius 3 is 2.47 bits per heavy atom. The first-order valence-electron chi connectivity index (χ1n) is 6.53. The number of fused-ring (bicyclic) bond motifs is 2. The van der Waals surface area contributed by atoms with Crippen molar-refractivity contribution in [3.63, 3.8) is 0 Å². The molecular weight excluding hydrogens is 240 g/mol. The van der Waals surface area contributed by atoms with Crippen molar-refractivity contribution < 1.29 is 14.2 Å². The van der Waals surface area contributed by atoms with E-state index in [1.165, 1.54) is 11.1 Å². The zero-order valence-electron chi connectivity index (χ0n) is 10.5. The van der Waals surface area contributed by atoms with E-state index in [2.05, 4.69) is 30.3 Å². The van der Waals surface area contributed by atoms with Gasteiger partial charge in [0.2, 0.25) is 6.79 Å². The highest BCUT2D eigenvalue weighted by Gasteiger charge is 2.27. The third kappa shape index (κ3) is 1.73. The Bertz CT molecular complexity index is 607. The number of hydrogen-bond acceptors (Lipinski definition) is 3. The third-order valence-electron chi connectivity index (χ3n) is 3.75. The van der Waals surface area contributed by atoms with Gasteiger partial charge in [-0.2, -0.15) is 0 Å². The van der Waals surface area contributed by atoms with Crippen LogP contribution in [0.1, 0.15) is 23.5 Å². The molecule has 0 radical (unpaired) electrons. The van der Waals surface area contributed by atoms with Gasteiger partial charge >= 0.3 is 0 Å². The lowest BCUT2D eigenvalue weighted by Gasteiger charge is -2.26. The summed E-state index contributed by atoms with van der Waals surface area (Å²) in [6.45, 7) is 1.04. The third-order valence-corrected chi connectivity index (χ3v) is 3.75. The fourth-order valence-electron chi connectivity index (χ4n) is 2.81. The maximum atomic E-state index is 5.76. The predicted molar refractivity (Wildman–Crippen MR) is 71.0 cm³/mol. The van der Waals surface area contributed by atoms with E-state index < -0.39 is 0 Å². The summed E-state index contributed by atoms with van der Waals surface area (Å²) in [7, 11) is 0. The summed E-state index contributed by atoms with van der Waals surface area (Å²) in [4.78, 5) is 0. The molecule has 3 nitrogen and oxygen atoms in total. The Morgan fingerprint density at radius 1 is 0.842 bits per heavy atom. The second kappa shape index (κ2) is 4.19. The Labute approximate surface area is 111 Å². The highest BCUT2D eigenvalue weighted by molar-refractivity contribution is 5.55. The van der Waals surface area contributed by atoms with Crippen molar-refractivity contribution in [2.75, 3.05) is 13.4 Å². The van der Waals surface area contributed by atoms with Crippen molar-refractivity contribution in [3.05, 3.63) is 53.6 Å². The lowest BCUT2D eigenvalue weighted by molar-refractivity contribution is 0.174. The fourth-order valence-corrected chi connectivity index (χ4v) is 2.81. The average molecular weight is 254 g/mol. The average Bonchev–Trinajstić information content (AvgIpc) is 2.92. The Kier molecular flexibility index (Phi) is 2.37. The zero-order chi connectivity index (χ0) is 12.7. The molecule has 3 heteroatoms. The zero-order valence-corrected chi connectivity index (χ0v) is 10.5. The van der Waals surface area contributed by atoms with Crippen LogP contribution in [0.15, 0.2) is 42.5 Å². The summed E-state index contributed by atoms with van der Waals surface area (Å²) in [5.74, 6) is 2.90. The molecule has 2 aromatic rings. The molecule has 0 spiro atoms. The van der Waals surface area contributed by atoms with Gasteiger partial charge in [-0.3, -0.25) is 0 Å².